The lowest BCUT2D eigenvalue weighted by Gasteiger charge is -2.30. The molecule has 0 aliphatic carbocycles. The van der Waals surface area contributed by atoms with Crippen molar-refractivity contribution in [1.29, 1.82) is 0 Å². The standard InChI is InChI=1S/C22H30ClN3O3S/c1-15-10-13-26(14-11-15)22(27)20-16(2)25(4)17(3)21(20)30(28,29)24-12-9-18-5-7-19(23)8-6-18/h5-8,15,24H,9-14H2,1-4H3. The summed E-state index contributed by atoms with van der Waals surface area (Å²) in [6, 6.07) is 7.32. The van der Waals surface area contributed by atoms with E-state index in [1.54, 1.807) is 42.5 Å². The molecule has 164 valence electrons. The number of sulfonamides is 1. The number of aromatic nitrogens is 1. The smallest absolute Gasteiger partial charge is 0.257 e. The van der Waals surface area contributed by atoms with Crippen molar-refractivity contribution in [3.63, 3.8) is 0 Å². The second-order valence-electron chi connectivity index (χ2n) is 8.18. The molecule has 1 aliphatic rings. The van der Waals surface area contributed by atoms with Gasteiger partial charge in [-0.15, -0.1) is 0 Å². The molecule has 0 radical (unpaired) electrons. The van der Waals surface area contributed by atoms with E-state index >= 15 is 0 Å². The number of benzene rings is 1. The van der Waals surface area contributed by atoms with E-state index < -0.39 is 10.0 Å². The molecule has 2 heterocycles. The van der Waals surface area contributed by atoms with Crippen molar-refractivity contribution in [3.8, 4) is 0 Å². The molecule has 3 rings (SSSR count). The summed E-state index contributed by atoms with van der Waals surface area (Å²) in [5, 5.41) is 0.643. The van der Waals surface area contributed by atoms with E-state index in [1.807, 2.05) is 12.1 Å². The predicted octanol–water partition coefficient (Wildman–Crippen LogP) is 3.69. The predicted molar refractivity (Wildman–Crippen MR) is 120 cm³/mol. The van der Waals surface area contributed by atoms with Gasteiger partial charge in [-0.3, -0.25) is 4.79 Å². The van der Waals surface area contributed by atoms with Gasteiger partial charge >= 0.3 is 0 Å². The number of amides is 1. The Morgan fingerprint density at radius 3 is 2.33 bits per heavy atom. The van der Waals surface area contributed by atoms with Crippen LogP contribution >= 0.6 is 11.6 Å². The topological polar surface area (TPSA) is 71.4 Å². The molecule has 6 nitrogen and oxygen atoms in total. The third kappa shape index (κ3) is 4.74. The molecular weight excluding hydrogens is 422 g/mol. The maximum absolute atomic E-state index is 13.3. The minimum absolute atomic E-state index is 0.0993. The molecular formula is C22H30ClN3O3S. The quantitative estimate of drug-likeness (QED) is 0.728. The number of halogens is 1. The van der Waals surface area contributed by atoms with Crippen molar-refractivity contribution in [2.45, 2.75) is 44.9 Å². The van der Waals surface area contributed by atoms with Crippen LogP contribution in [0.3, 0.4) is 0 Å². The Labute approximate surface area is 184 Å². The van der Waals surface area contributed by atoms with E-state index in [4.69, 9.17) is 11.6 Å². The first-order valence-electron chi connectivity index (χ1n) is 10.3. The van der Waals surface area contributed by atoms with Gasteiger partial charge < -0.3 is 9.47 Å². The number of nitrogens with zero attached hydrogens (tertiary/aromatic N) is 2. The average Bonchev–Trinajstić information content (AvgIpc) is 2.94. The first-order chi connectivity index (χ1) is 14.1. The fourth-order valence-corrected chi connectivity index (χ4v) is 5.59. The molecule has 1 aromatic carbocycles. The summed E-state index contributed by atoms with van der Waals surface area (Å²) in [6.07, 6.45) is 2.42. The molecule has 8 heteroatoms. The Kier molecular flexibility index (Phi) is 6.95. The van der Waals surface area contributed by atoms with Crippen molar-refractivity contribution < 1.29 is 13.2 Å². The zero-order valence-corrected chi connectivity index (χ0v) is 19.6. The van der Waals surface area contributed by atoms with Crippen LogP contribution in [0.15, 0.2) is 29.2 Å². The van der Waals surface area contributed by atoms with Gasteiger partial charge in [-0.2, -0.15) is 0 Å². The van der Waals surface area contributed by atoms with Gasteiger partial charge in [0, 0.05) is 43.1 Å². The Morgan fingerprint density at radius 1 is 1.13 bits per heavy atom. The summed E-state index contributed by atoms with van der Waals surface area (Å²) in [6.45, 7) is 7.30. The van der Waals surface area contributed by atoms with Crippen LogP contribution in [0.4, 0.5) is 0 Å². The van der Waals surface area contributed by atoms with Crippen molar-refractivity contribution in [3.05, 3.63) is 51.8 Å². The molecule has 0 spiro atoms. The molecule has 0 saturated carbocycles. The normalized spacial score (nSPS) is 15.6. The minimum atomic E-state index is -3.84. The molecule has 1 fully saturated rings. The Bertz CT molecular complexity index is 1020. The molecule has 1 N–H and O–H groups in total. The summed E-state index contributed by atoms with van der Waals surface area (Å²) >= 11 is 5.90. The van der Waals surface area contributed by atoms with Crippen LogP contribution in [0.2, 0.25) is 5.02 Å². The Hall–Kier alpha value is -1.83. The first-order valence-corrected chi connectivity index (χ1v) is 12.2. The fourth-order valence-electron chi connectivity index (χ4n) is 3.92. The van der Waals surface area contributed by atoms with Crippen LogP contribution in [-0.4, -0.2) is 43.4 Å². The fraction of sp³-hybridized carbons (Fsp3) is 0.500. The minimum Gasteiger partial charge on any atom is -0.350 e. The van der Waals surface area contributed by atoms with Gasteiger partial charge in [-0.1, -0.05) is 30.7 Å². The summed E-state index contributed by atoms with van der Waals surface area (Å²) in [4.78, 5) is 15.2. The van der Waals surface area contributed by atoms with Gasteiger partial charge in [-0.05, 0) is 56.7 Å². The van der Waals surface area contributed by atoms with Crippen molar-refractivity contribution >= 4 is 27.5 Å². The average molecular weight is 452 g/mol. The van der Waals surface area contributed by atoms with Gasteiger partial charge in [0.1, 0.15) is 4.90 Å². The molecule has 0 unspecified atom stereocenters. The first kappa shape index (κ1) is 22.8. The largest absolute Gasteiger partial charge is 0.350 e. The molecule has 1 aromatic heterocycles. The van der Waals surface area contributed by atoms with E-state index in [1.165, 1.54) is 0 Å². The van der Waals surface area contributed by atoms with Crippen LogP contribution in [-0.2, 0) is 23.5 Å². The highest BCUT2D eigenvalue weighted by atomic mass is 35.5. The maximum atomic E-state index is 13.3. The van der Waals surface area contributed by atoms with Gasteiger partial charge in [0.05, 0.1) is 5.56 Å². The molecule has 2 aromatic rings. The van der Waals surface area contributed by atoms with Gasteiger partial charge in [0.2, 0.25) is 10.0 Å². The molecule has 1 amide bonds. The zero-order chi connectivity index (χ0) is 22.1. The van der Waals surface area contributed by atoms with Gasteiger partial charge in [0.25, 0.3) is 5.91 Å². The number of rotatable bonds is 6. The zero-order valence-electron chi connectivity index (χ0n) is 18.0. The van der Waals surface area contributed by atoms with Crippen LogP contribution < -0.4 is 4.72 Å². The second-order valence-corrected chi connectivity index (χ2v) is 10.3. The van der Waals surface area contributed by atoms with Crippen molar-refractivity contribution in [2.75, 3.05) is 19.6 Å². The van der Waals surface area contributed by atoms with E-state index in [-0.39, 0.29) is 17.3 Å². The molecule has 0 bridgehead atoms. The van der Waals surface area contributed by atoms with Gasteiger partial charge in [0.15, 0.2) is 0 Å². The van der Waals surface area contributed by atoms with E-state index in [0.717, 1.165) is 18.4 Å². The van der Waals surface area contributed by atoms with Crippen LogP contribution in [0, 0.1) is 19.8 Å². The summed E-state index contributed by atoms with van der Waals surface area (Å²) in [7, 11) is -2.04. The number of carbonyl (C=O) groups excluding carboxylic acids is 1. The van der Waals surface area contributed by atoms with Crippen molar-refractivity contribution in [1.82, 2.24) is 14.2 Å². The molecule has 0 atom stereocenters. The van der Waals surface area contributed by atoms with E-state index in [9.17, 15) is 13.2 Å². The monoisotopic (exact) mass is 451 g/mol. The molecule has 1 aliphatic heterocycles. The second kappa shape index (κ2) is 9.12. The van der Waals surface area contributed by atoms with Crippen molar-refractivity contribution in [2.24, 2.45) is 13.0 Å². The third-order valence-electron chi connectivity index (χ3n) is 6.10. The maximum Gasteiger partial charge on any atom is 0.257 e. The van der Waals surface area contributed by atoms with Crippen LogP contribution in [0.25, 0.3) is 0 Å². The lowest BCUT2D eigenvalue weighted by atomic mass is 9.98. The van der Waals surface area contributed by atoms with Crippen LogP contribution in [0.5, 0.6) is 0 Å². The van der Waals surface area contributed by atoms with E-state index in [2.05, 4.69) is 11.6 Å². The molecule has 1 saturated heterocycles. The Morgan fingerprint density at radius 2 is 1.73 bits per heavy atom. The number of carbonyl (C=O) groups is 1. The summed E-state index contributed by atoms with van der Waals surface area (Å²) < 4.78 is 30.9. The number of likely N-dealkylation sites (tertiary alicyclic amines) is 1. The lowest BCUT2D eigenvalue weighted by molar-refractivity contribution is 0.0692. The highest BCUT2D eigenvalue weighted by Crippen LogP contribution is 2.29. The lowest BCUT2D eigenvalue weighted by Crippen LogP contribution is -2.39. The number of hydrogen-bond donors (Lipinski definition) is 1. The number of nitrogens with one attached hydrogen (secondary N) is 1. The van der Waals surface area contributed by atoms with Crippen LogP contribution in [0.1, 0.15) is 47.1 Å². The van der Waals surface area contributed by atoms with E-state index in [0.29, 0.717) is 47.4 Å². The third-order valence-corrected chi connectivity index (χ3v) is 7.97. The highest BCUT2D eigenvalue weighted by Gasteiger charge is 2.33. The SMILES string of the molecule is Cc1c(C(=O)N2CCC(C)CC2)c(S(=O)(=O)NCCc2ccc(Cl)cc2)c(C)n1C. The van der Waals surface area contributed by atoms with Gasteiger partial charge in [-0.25, -0.2) is 13.1 Å². The summed E-state index contributed by atoms with van der Waals surface area (Å²) in [5.41, 5.74) is 2.53. The Balaban J connectivity index is 1.83. The number of hydrogen-bond acceptors (Lipinski definition) is 3. The molecule has 30 heavy (non-hydrogen) atoms. The highest BCUT2D eigenvalue weighted by molar-refractivity contribution is 7.89. The number of piperidine rings is 1. The summed E-state index contributed by atoms with van der Waals surface area (Å²) in [5.74, 6) is 0.395.